The van der Waals surface area contributed by atoms with Gasteiger partial charge in [-0.2, -0.15) is 0 Å². The summed E-state index contributed by atoms with van der Waals surface area (Å²) >= 11 is 3.69. The molecule has 2 amide bonds. The summed E-state index contributed by atoms with van der Waals surface area (Å²) in [4.78, 5) is 37.4. The highest BCUT2D eigenvalue weighted by Crippen LogP contribution is 2.34. The van der Waals surface area contributed by atoms with E-state index in [4.69, 9.17) is 0 Å². The molecule has 1 heterocycles. The van der Waals surface area contributed by atoms with E-state index in [-0.39, 0.29) is 26.2 Å². The topological polar surface area (TPSA) is 114 Å². The Morgan fingerprint density at radius 2 is 2.00 bits per heavy atom. The van der Waals surface area contributed by atoms with E-state index >= 15 is 0 Å². The summed E-state index contributed by atoms with van der Waals surface area (Å²) in [5.74, 6) is -0.839. The molecule has 2 aromatic rings. The highest BCUT2D eigenvalue weighted by atomic mass is 79.9. The number of halogens is 1. The van der Waals surface area contributed by atoms with Gasteiger partial charge in [-0.15, -0.1) is 0 Å². The van der Waals surface area contributed by atoms with Crippen molar-refractivity contribution >= 4 is 54.9 Å². The Bertz CT molecular complexity index is 761. The van der Waals surface area contributed by atoms with Crippen LogP contribution in [0.2, 0.25) is 0 Å². The predicted molar refractivity (Wildman–Crippen MR) is 85.2 cm³/mol. The van der Waals surface area contributed by atoms with Crippen LogP contribution in [0.5, 0.6) is 0 Å². The second-order valence-electron chi connectivity index (χ2n) is 4.05. The molecule has 114 valence electrons. The molecule has 1 aromatic heterocycles. The van der Waals surface area contributed by atoms with Crippen molar-refractivity contribution in [3.63, 3.8) is 0 Å². The molecule has 1 aromatic carbocycles. The second kappa shape index (κ2) is 6.62. The number of benzene rings is 1. The lowest BCUT2D eigenvalue weighted by atomic mass is 10.1. The van der Waals surface area contributed by atoms with E-state index in [1.54, 1.807) is 18.2 Å². The molecule has 22 heavy (non-hydrogen) atoms. The van der Waals surface area contributed by atoms with Crippen molar-refractivity contribution in [1.82, 2.24) is 4.98 Å². The Labute approximate surface area is 136 Å². The largest absolute Gasteiger partial charge is 0.360 e. The molecule has 0 radical (unpaired) electrons. The van der Waals surface area contributed by atoms with Crippen LogP contribution < -0.4 is 10.6 Å². The van der Waals surface area contributed by atoms with Gasteiger partial charge in [0.05, 0.1) is 16.2 Å². The van der Waals surface area contributed by atoms with E-state index in [1.807, 2.05) is 0 Å². The monoisotopic (exact) mass is 384 g/mol. The molecule has 0 atom stereocenters. The maximum Gasteiger partial charge on any atom is 0.360 e. The van der Waals surface area contributed by atoms with Crippen LogP contribution in [0.4, 0.5) is 15.8 Å². The number of hydrogen-bond donors (Lipinski definition) is 2. The lowest BCUT2D eigenvalue weighted by molar-refractivity contribution is -0.381. The molecule has 8 nitrogen and oxygen atoms in total. The van der Waals surface area contributed by atoms with Crippen molar-refractivity contribution in [3.8, 4) is 0 Å². The lowest BCUT2D eigenvalue weighted by Gasteiger charge is -2.08. The molecule has 0 saturated carbocycles. The van der Waals surface area contributed by atoms with Gasteiger partial charge < -0.3 is 5.32 Å². The number of thiazole rings is 1. The van der Waals surface area contributed by atoms with Crippen molar-refractivity contribution in [2.45, 2.75) is 6.92 Å². The Balaban J connectivity index is 2.24. The number of amides is 2. The summed E-state index contributed by atoms with van der Waals surface area (Å²) < 4.78 is 0.0490. The van der Waals surface area contributed by atoms with Crippen molar-refractivity contribution in [2.75, 3.05) is 10.6 Å². The number of carbonyl (C=O) groups is 2. The lowest BCUT2D eigenvalue weighted by Crippen LogP contribution is -2.16. The van der Waals surface area contributed by atoms with E-state index in [0.717, 1.165) is 11.3 Å². The maximum atomic E-state index is 12.2. The molecule has 2 rings (SSSR count). The minimum Gasteiger partial charge on any atom is -0.326 e. The van der Waals surface area contributed by atoms with Crippen LogP contribution >= 0.6 is 27.3 Å². The average molecular weight is 385 g/mol. The number of nitro groups is 1. The molecule has 0 aliphatic carbocycles. The van der Waals surface area contributed by atoms with Gasteiger partial charge in [0.15, 0.2) is 9.73 Å². The summed E-state index contributed by atoms with van der Waals surface area (Å²) in [5, 5.41) is 15.6. The van der Waals surface area contributed by atoms with Gasteiger partial charge in [-0.1, -0.05) is 12.1 Å². The van der Waals surface area contributed by atoms with Crippen molar-refractivity contribution in [3.05, 3.63) is 44.5 Å². The first-order valence-electron chi connectivity index (χ1n) is 5.87. The first-order valence-corrected chi connectivity index (χ1v) is 7.48. The zero-order chi connectivity index (χ0) is 16.3. The zero-order valence-corrected chi connectivity index (χ0v) is 13.5. The summed E-state index contributed by atoms with van der Waals surface area (Å²) in [6, 6.07) is 6.42. The predicted octanol–water partition coefficient (Wildman–Crippen LogP) is 3.02. The third-order valence-corrected chi connectivity index (χ3v) is 4.18. The Morgan fingerprint density at radius 1 is 1.32 bits per heavy atom. The van der Waals surface area contributed by atoms with Gasteiger partial charge in [0, 0.05) is 6.92 Å². The van der Waals surface area contributed by atoms with Crippen molar-refractivity contribution < 1.29 is 14.5 Å². The molecule has 0 aliphatic heterocycles. The summed E-state index contributed by atoms with van der Waals surface area (Å²) in [7, 11) is 0. The van der Waals surface area contributed by atoms with Gasteiger partial charge in [0.25, 0.3) is 5.91 Å². The SMILES string of the molecule is CC(=O)Nc1ccccc1C(=O)Nc1nc(Br)c([N+](=O)[O-])s1. The molecule has 0 unspecified atom stereocenters. The van der Waals surface area contributed by atoms with E-state index < -0.39 is 10.8 Å². The van der Waals surface area contributed by atoms with Crippen LogP contribution in [0.3, 0.4) is 0 Å². The minimum absolute atomic E-state index is 0.0490. The first-order chi connectivity index (χ1) is 10.4. The minimum atomic E-state index is -0.595. The number of rotatable bonds is 4. The summed E-state index contributed by atoms with van der Waals surface area (Å²) in [6.07, 6.45) is 0. The summed E-state index contributed by atoms with van der Waals surface area (Å²) in [5.41, 5.74) is 0.573. The normalized spacial score (nSPS) is 10.1. The number of anilines is 2. The third-order valence-electron chi connectivity index (χ3n) is 2.44. The molecular weight excluding hydrogens is 376 g/mol. The van der Waals surface area contributed by atoms with E-state index in [0.29, 0.717) is 5.69 Å². The zero-order valence-electron chi connectivity index (χ0n) is 11.1. The molecule has 10 heteroatoms. The second-order valence-corrected chi connectivity index (χ2v) is 5.78. The van der Waals surface area contributed by atoms with E-state index in [2.05, 4.69) is 31.5 Å². The smallest absolute Gasteiger partial charge is 0.326 e. The number of aromatic nitrogens is 1. The number of nitrogens with zero attached hydrogens (tertiary/aromatic N) is 2. The van der Waals surface area contributed by atoms with Gasteiger partial charge in [-0.25, -0.2) is 4.98 Å². The molecule has 0 spiro atoms. The third kappa shape index (κ3) is 3.65. The Kier molecular flexibility index (Phi) is 4.83. The average Bonchev–Trinajstić information content (AvgIpc) is 2.79. The van der Waals surface area contributed by atoms with E-state index in [1.165, 1.54) is 13.0 Å². The number of nitrogens with one attached hydrogen (secondary N) is 2. The highest BCUT2D eigenvalue weighted by Gasteiger charge is 2.21. The fourth-order valence-corrected chi connectivity index (χ4v) is 2.95. The standard InChI is InChI=1S/C12H9BrN4O4S/c1-6(18)14-8-5-3-2-4-7(8)10(19)16-12-15-9(13)11(22-12)17(20)21/h2-5H,1H3,(H,14,18)(H,15,16,19). The fraction of sp³-hybridized carbons (Fsp3) is 0.0833. The Hall–Kier alpha value is -2.33. The van der Waals surface area contributed by atoms with Crippen LogP contribution in [0, 0.1) is 10.1 Å². The number of hydrogen-bond acceptors (Lipinski definition) is 6. The van der Waals surface area contributed by atoms with Crippen molar-refractivity contribution in [1.29, 1.82) is 0 Å². The molecule has 0 aliphatic rings. The Morgan fingerprint density at radius 3 is 2.59 bits per heavy atom. The van der Waals surface area contributed by atoms with E-state index in [9.17, 15) is 19.7 Å². The van der Waals surface area contributed by atoms with Gasteiger partial charge in [-0.3, -0.25) is 25.0 Å². The molecule has 0 saturated heterocycles. The van der Waals surface area contributed by atoms with Gasteiger partial charge >= 0.3 is 5.00 Å². The van der Waals surface area contributed by atoms with Crippen LogP contribution in [-0.4, -0.2) is 21.7 Å². The van der Waals surface area contributed by atoms with Gasteiger partial charge in [-0.05, 0) is 39.4 Å². The van der Waals surface area contributed by atoms with Gasteiger partial charge in [0.1, 0.15) is 0 Å². The first kappa shape index (κ1) is 16.0. The summed E-state index contributed by atoms with van der Waals surface area (Å²) in [6.45, 7) is 1.33. The van der Waals surface area contributed by atoms with Crippen LogP contribution in [0.25, 0.3) is 0 Å². The number of carbonyl (C=O) groups excluding carboxylic acids is 2. The van der Waals surface area contributed by atoms with Crippen LogP contribution in [-0.2, 0) is 4.79 Å². The van der Waals surface area contributed by atoms with Gasteiger partial charge in [0.2, 0.25) is 5.91 Å². The quantitative estimate of drug-likeness (QED) is 0.620. The van der Waals surface area contributed by atoms with Crippen LogP contribution in [0.15, 0.2) is 28.9 Å². The highest BCUT2D eigenvalue weighted by molar-refractivity contribution is 9.10. The van der Waals surface area contributed by atoms with Crippen molar-refractivity contribution in [2.24, 2.45) is 0 Å². The fourth-order valence-electron chi connectivity index (χ4n) is 1.60. The number of para-hydroxylation sites is 1. The molecule has 0 bridgehead atoms. The molecule has 0 fully saturated rings. The maximum absolute atomic E-state index is 12.2. The van der Waals surface area contributed by atoms with Crippen LogP contribution in [0.1, 0.15) is 17.3 Å². The molecular formula is C12H9BrN4O4S. The molecule has 2 N–H and O–H groups in total.